The van der Waals surface area contributed by atoms with Gasteiger partial charge in [0.25, 0.3) is 0 Å². The molecule has 2 unspecified atom stereocenters. The molecule has 1 aromatic heterocycles. The van der Waals surface area contributed by atoms with Gasteiger partial charge in [0.05, 0.1) is 12.5 Å². The molecule has 0 saturated heterocycles. The van der Waals surface area contributed by atoms with Crippen LogP contribution in [0.3, 0.4) is 0 Å². The fourth-order valence-corrected chi connectivity index (χ4v) is 2.23. The Kier molecular flexibility index (Phi) is 3.37. The quantitative estimate of drug-likeness (QED) is 0.873. The minimum Gasteiger partial charge on any atom is -0.339 e. The van der Waals surface area contributed by atoms with Crippen LogP contribution in [-0.2, 0) is 6.54 Å². The number of nitrogens with two attached hydrogens (primary N) is 1. The van der Waals surface area contributed by atoms with E-state index < -0.39 is 12.1 Å². The Bertz CT molecular complexity index is 377. The van der Waals surface area contributed by atoms with Crippen molar-refractivity contribution in [2.24, 2.45) is 11.7 Å². The lowest BCUT2D eigenvalue weighted by molar-refractivity contribution is -0.183. The predicted molar refractivity (Wildman–Crippen MR) is 52.9 cm³/mol. The van der Waals surface area contributed by atoms with Crippen LogP contribution in [0.5, 0.6) is 0 Å². The summed E-state index contributed by atoms with van der Waals surface area (Å²) in [6.07, 6.45) is -2.70. The smallest absolute Gasteiger partial charge is 0.339 e. The molecule has 0 spiro atoms. The highest BCUT2D eigenvalue weighted by Gasteiger charge is 2.43. The van der Waals surface area contributed by atoms with Crippen molar-refractivity contribution in [3.8, 4) is 0 Å². The molecule has 1 aromatic rings. The van der Waals surface area contributed by atoms with Crippen molar-refractivity contribution in [3.05, 3.63) is 11.7 Å². The van der Waals surface area contributed by atoms with Crippen molar-refractivity contribution < 1.29 is 17.7 Å². The van der Waals surface area contributed by atoms with Gasteiger partial charge in [-0.15, -0.1) is 0 Å². The zero-order chi connectivity index (χ0) is 12.5. The lowest BCUT2D eigenvalue weighted by Gasteiger charge is -2.28. The zero-order valence-corrected chi connectivity index (χ0v) is 9.20. The van der Waals surface area contributed by atoms with Crippen molar-refractivity contribution in [3.63, 3.8) is 0 Å². The average Bonchev–Trinajstić information content (AvgIpc) is 2.76. The fraction of sp³-hybridized carbons (Fsp3) is 0.800. The summed E-state index contributed by atoms with van der Waals surface area (Å²) in [5.41, 5.74) is 5.32. The van der Waals surface area contributed by atoms with E-state index in [1.807, 2.05) is 0 Å². The first-order valence-corrected chi connectivity index (χ1v) is 5.60. The number of rotatable bonds is 2. The lowest BCUT2D eigenvalue weighted by atomic mass is 9.81. The maximum Gasteiger partial charge on any atom is 0.391 e. The monoisotopic (exact) mass is 249 g/mol. The van der Waals surface area contributed by atoms with Crippen molar-refractivity contribution in [2.75, 3.05) is 0 Å². The summed E-state index contributed by atoms with van der Waals surface area (Å²) in [7, 11) is 0. The van der Waals surface area contributed by atoms with Crippen LogP contribution in [0.15, 0.2) is 4.52 Å². The molecule has 7 heteroatoms. The summed E-state index contributed by atoms with van der Waals surface area (Å²) in [5.74, 6) is -0.911. The molecule has 1 fully saturated rings. The van der Waals surface area contributed by atoms with Gasteiger partial charge >= 0.3 is 6.18 Å². The molecular formula is C10H14F3N3O. The highest BCUT2D eigenvalue weighted by atomic mass is 19.4. The van der Waals surface area contributed by atoms with Crippen LogP contribution in [0.1, 0.15) is 43.3 Å². The Morgan fingerprint density at radius 3 is 2.71 bits per heavy atom. The lowest BCUT2D eigenvalue weighted by Crippen LogP contribution is -2.28. The van der Waals surface area contributed by atoms with Crippen LogP contribution in [0.4, 0.5) is 13.2 Å². The Hall–Kier alpha value is -1.11. The van der Waals surface area contributed by atoms with Crippen LogP contribution < -0.4 is 5.73 Å². The fourth-order valence-electron chi connectivity index (χ4n) is 2.23. The highest BCUT2D eigenvalue weighted by Crippen LogP contribution is 2.43. The Morgan fingerprint density at radius 2 is 2.12 bits per heavy atom. The number of alkyl halides is 3. The molecule has 2 rings (SSSR count). The van der Waals surface area contributed by atoms with Gasteiger partial charge < -0.3 is 10.3 Å². The van der Waals surface area contributed by atoms with Crippen LogP contribution in [-0.4, -0.2) is 16.3 Å². The van der Waals surface area contributed by atoms with Gasteiger partial charge in [0.1, 0.15) is 0 Å². The van der Waals surface area contributed by atoms with E-state index in [-0.39, 0.29) is 25.3 Å². The van der Waals surface area contributed by atoms with Gasteiger partial charge in [0.15, 0.2) is 5.82 Å². The molecule has 1 heterocycles. The van der Waals surface area contributed by atoms with Crippen LogP contribution >= 0.6 is 0 Å². The molecule has 1 saturated carbocycles. The Labute approximate surface area is 96.4 Å². The number of hydrogen-bond acceptors (Lipinski definition) is 4. The van der Waals surface area contributed by atoms with E-state index in [4.69, 9.17) is 10.3 Å². The SMILES string of the molecule is NCc1noc(C2CCCC(C(F)(F)F)C2)n1. The molecule has 1 aliphatic carbocycles. The van der Waals surface area contributed by atoms with Crippen molar-refractivity contribution in [1.82, 2.24) is 10.1 Å². The first kappa shape index (κ1) is 12.3. The number of nitrogens with zero attached hydrogens (tertiary/aromatic N) is 2. The van der Waals surface area contributed by atoms with E-state index in [0.29, 0.717) is 24.6 Å². The van der Waals surface area contributed by atoms with E-state index in [0.717, 1.165) is 0 Å². The third-order valence-corrected chi connectivity index (χ3v) is 3.15. The topological polar surface area (TPSA) is 64.9 Å². The predicted octanol–water partition coefficient (Wildman–Crippen LogP) is 2.36. The second kappa shape index (κ2) is 4.64. The van der Waals surface area contributed by atoms with Crippen molar-refractivity contribution in [2.45, 2.75) is 44.3 Å². The summed E-state index contributed by atoms with van der Waals surface area (Å²) < 4.78 is 42.8. The molecule has 0 radical (unpaired) electrons. The molecule has 0 aliphatic heterocycles. The highest BCUT2D eigenvalue weighted by molar-refractivity contribution is 4.97. The summed E-state index contributed by atoms with van der Waals surface area (Å²) in [4.78, 5) is 4.00. The van der Waals surface area contributed by atoms with Gasteiger partial charge in [0.2, 0.25) is 5.89 Å². The summed E-state index contributed by atoms with van der Waals surface area (Å²) in [6.45, 7) is 0.138. The average molecular weight is 249 g/mol. The van der Waals surface area contributed by atoms with Gasteiger partial charge in [-0.25, -0.2) is 0 Å². The van der Waals surface area contributed by atoms with Gasteiger partial charge in [0, 0.05) is 5.92 Å². The minimum atomic E-state index is -4.13. The molecule has 96 valence electrons. The molecule has 0 amide bonds. The van der Waals surface area contributed by atoms with Crippen LogP contribution in [0.25, 0.3) is 0 Å². The summed E-state index contributed by atoms with van der Waals surface area (Å²) in [5, 5.41) is 3.60. The van der Waals surface area contributed by atoms with E-state index in [1.54, 1.807) is 0 Å². The van der Waals surface area contributed by atoms with Gasteiger partial charge in [-0.3, -0.25) is 0 Å². The normalized spacial score (nSPS) is 26.1. The first-order valence-electron chi connectivity index (χ1n) is 5.60. The maximum absolute atomic E-state index is 12.6. The second-order valence-electron chi connectivity index (χ2n) is 4.36. The number of aromatic nitrogens is 2. The Balaban J connectivity index is 2.06. The van der Waals surface area contributed by atoms with Crippen molar-refractivity contribution >= 4 is 0 Å². The van der Waals surface area contributed by atoms with Crippen LogP contribution in [0.2, 0.25) is 0 Å². The third kappa shape index (κ3) is 2.77. The molecule has 1 aliphatic rings. The molecular weight excluding hydrogens is 235 g/mol. The molecule has 4 nitrogen and oxygen atoms in total. The summed E-state index contributed by atoms with van der Waals surface area (Å²) in [6, 6.07) is 0. The maximum atomic E-state index is 12.6. The molecule has 0 aromatic carbocycles. The second-order valence-corrected chi connectivity index (χ2v) is 4.36. The van der Waals surface area contributed by atoms with E-state index in [9.17, 15) is 13.2 Å². The molecule has 2 N–H and O–H groups in total. The van der Waals surface area contributed by atoms with E-state index >= 15 is 0 Å². The first-order chi connectivity index (χ1) is 8.00. The third-order valence-electron chi connectivity index (χ3n) is 3.15. The van der Waals surface area contributed by atoms with E-state index in [2.05, 4.69) is 10.1 Å². The van der Waals surface area contributed by atoms with Gasteiger partial charge in [-0.1, -0.05) is 11.6 Å². The van der Waals surface area contributed by atoms with Gasteiger partial charge in [-0.2, -0.15) is 18.2 Å². The largest absolute Gasteiger partial charge is 0.391 e. The number of hydrogen-bond donors (Lipinski definition) is 1. The molecule has 2 atom stereocenters. The van der Waals surface area contributed by atoms with Crippen LogP contribution in [0, 0.1) is 5.92 Å². The standard InChI is InChI=1S/C10H14F3N3O/c11-10(12,13)7-3-1-2-6(4-7)9-15-8(5-14)16-17-9/h6-7H,1-5,14H2. The Morgan fingerprint density at radius 1 is 1.35 bits per heavy atom. The molecule has 17 heavy (non-hydrogen) atoms. The molecule has 0 bridgehead atoms. The summed E-state index contributed by atoms with van der Waals surface area (Å²) >= 11 is 0. The van der Waals surface area contributed by atoms with E-state index in [1.165, 1.54) is 0 Å². The number of halogens is 3. The van der Waals surface area contributed by atoms with Gasteiger partial charge in [-0.05, 0) is 19.3 Å². The minimum absolute atomic E-state index is 0.0374. The zero-order valence-electron chi connectivity index (χ0n) is 9.20. The van der Waals surface area contributed by atoms with Crippen molar-refractivity contribution in [1.29, 1.82) is 0 Å².